The average Bonchev–Trinajstić information content (AvgIpc) is 2.54. The van der Waals surface area contributed by atoms with Crippen LogP contribution in [0.15, 0.2) is 42.6 Å². The summed E-state index contributed by atoms with van der Waals surface area (Å²) in [7, 11) is 1.55. The third-order valence-corrected chi connectivity index (χ3v) is 2.89. The Morgan fingerprint density at radius 2 is 1.91 bits per heavy atom. The number of carbonyl (C=O) groups excluding carboxylic acids is 2. The van der Waals surface area contributed by atoms with Crippen LogP contribution in [0.5, 0.6) is 5.75 Å². The second-order valence-corrected chi connectivity index (χ2v) is 4.61. The lowest BCUT2D eigenvalue weighted by Crippen LogP contribution is -2.20. The highest BCUT2D eigenvalue weighted by Crippen LogP contribution is 2.14. The van der Waals surface area contributed by atoms with Crippen molar-refractivity contribution in [1.29, 1.82) is 0 Å². The van der Waals surface area contributed by atoms with Crippen molar-refractivity contribution in [2.45, 2.75) is 0 Å². The molecule has 0 atom stereocenters. The van der Waals surface area contributed by atoms with Crippen LogP contribution in [-0.2, 0) is 9.53 Å². The summed E-state index contributed by atoms with van der Waals surface area (Å²) in [5, 5.41) is 2.87. The summed E-state index contributed by atoms with van der Waals surface area (Å²) in [5.74, 6) is -0.408. The first-order valence-corrected chi connectivity index (χ1v) is 6.69. The normalized spacial score (nSPS) is 9.91. The van der Waals surface area contributed by atoms with Gasteiger partial charge < -0.3 is 14.8 Å². The maximum atomic E-state index is 11.7. The number of rotatable bonds is 5. The summed E-state index contributed by atoms with van der Waals surface area (Å²) in [5.41, 5.74) is 0.802. The second kappa shape index (κ2) is 7.42. The molecule has 0 bridgehead atoms. The first-order chi connectivity index (χ1) is 10.6. The van der Waals surface area contributed by atoms with Gasteiger partial charge in [-0.3, -0.25) is 4.79 Å². The maximum Gasteiger partial charge on any atom is 0.340 e. The molecule has 7 heteroatoms. The Hall–Kier alpha value is -2.60. The molecule has 0 aliphatic carbocycles. The van der Waals surface area contributed by atoms with Gasteiger partial charge >= 0.3 is 5.97 Å². The monoisotopic (exact) mass is 320 g/mol. The summed E-state index contributed by atoms with van der Waals surface area (Å²) in [6, 6.07) is 9.72. The van der Waals surface area contributed by atoms with Crippen LogP contribution in [0.1, 0.15) is 10.4 Å². The molecule has 1 heterocycles. The predicted molar refractivity (Wildman–Crippen MR) is 81.2 cm³/mol. The van der Waals surface area contributed by atoms with E-state index in [-0.39, 0.29) is 10.7 Å². The molecule has 6 nitrogen and oxygen atoms in total. The fourth-order valence-corrected chi connectivity index (χ4v) is 1.69. The molecule has 0 saturated carbocycles. The van der Waals surface area contributed by atoms with Gasteiger partial charge in [-0.25, -0.2) is 9.78 Å². The van der Waals surface area contributed by atoms with E-state index in [0.717, 1.165) is 0 Å². The minimum Gasteiger partial charge on any atom is -0.497 e. The standard InChI is InChI=1S/C15H13ClN2O4/c1-21-12-5-3-11(4-6-12)18-14(19)9-22-15(20)10-2-7-13(16)17-8-10/h2-8H,9H2,1H3,(H,18,19). The van der Waals surface area contributed by atoms with Gasteiger partial charge in [0.2, 0.25) is 0 Å². The Bertz CT molecular complexity index is 656. The molecule has 1 amide bonds. The number of nitrogens with one attached hydrogen (secondary N) is 1. The lowest BCUT2D eigenvalue weighted by Gasteiger charge is -2.07. The number of hydrogen-bond donors (Lipinski definition) is 1. The van der Waals surface area contributed by atoms with Crippen LogP contribution in [0.3, 0.4) is 0 Å². The number of pyridine rings is 1. The summed E-state index contributed by atoms with van der Waals surface area (Å²) < 4.78 is 9.90. The van der Waals surface area contributed by atoms with Crippen LogP contribution in [-0.4, -0.2) is 30.6 Å². The third-order valence-electron chi connectivity index (χ3n) is 2.67. The van der Waals surface area contributed by atoms with Crippen molar-refractivity contribution in [3.05, 3.63) is 53.3 Å². The van der Waals surface area contributed by atoms with Crippen molar-refractivity contribution >= 4 is 29.2 Å². The highest BCUT2D eigenvalue weighted by atomic mass is 35.5. The van der Waals surface area contributed by atoms with E-state index in [1.54, 1.807) is 31.4 Å². The quantitative estimate of drug-likeness (QED) is 0.676. The Kier molecular flexibility index (Phi) is 5.32. The van der Waals surface area contributed by atoms with E-state index in [0.29, 0.717) is 11.4 Å². The minimum atomic E-state index is -0.644. The minimum absolute atomic E-state index is 0.224. The Morgan fingerprint density at radius 3 is 2.50 bits per heavy atom. The molecular weight excluding hydrogens is 308 g/mol. The zero-order chi connectivity index (χ0) is 15.9. The zero-order valence-electron chi connectivity index (χ0n) is 11.7. The molecule has 22 heavy (non-hydrogen) atoms. The molecule has 0 saturated heterocycles. The molecular formula is C15H13ClN2O4. The molecule has 0 unspecified atom stereocenters. The van der Waals surface area contributed by atoms with E-state index in [1.165, 1.54) is 18.3 Å². The number of esters is 1. The van der Waals surface area contributed by atoms with Gasteiger partial charge in [-0.2, -0.15) is 0 Å². The third kappa shape index (κ3) is 4.46. The van der Waals surface area contributed by atoms with Crippen molar-refractivity contribution in [1.82, 2.24) is 4.98 Å². The molecule has 0 aliphatic heterocycles. The van der Waals surface area contributed by atoms with E-state index in [4.69, 9.17) is 21.1 Å². The highest BCUT2D eigenvalue weighted by molar-refractivity contribution is 6.29. The maximum absolute atomic E-state index is 11.7. The van der Waals surface area contributed by atoms with Gasteiger partial charge in [0.05, 0.1) is 12.7 Å². The van der Waals surface area contributed by atoms with Gasteiger partial charge in [-0.1, -0.05) is 11.6 Å². The summed E-state index contributed by atoms with van der Waals surface area (Å²) in [6.45, 7) is -0.395. The number of methoxy groups -OCH3 is 1. The number of aromatic nitrogens is 1. The molecule has 2 rings (SSSR count). The molecule has 1 aromatic heterocycles. The smallest absolute Gasteiger partial charge is 0.340 e. The SMILES string of the molecule is COc1ccc(NC(=O)COC(=O)c2ccc(Cl)nc2)cc1. The van der Waals surface area contributed by atoms with Crippen LogP contribution in [0.25, 0.3) is 0 Å². The Labute approximate surface area is 132 Å². The lowest BCUT2D eigenvalue weighted by atomic mass is 10.3. The van der Waals surface area contributed by atoms with Crippen molar-refractivity contribution in [3.8, 4) is 5.75 Å². The number of carbonyl (C=O) groups is 2. The van der Waals surface area contributed by atoms with Crippen LogP contribution < -0.4 is 10.1 Å². The number of anilines is 1. The number of amides is 1. The highest BCUT2D eigenvalue weighted by Gasteiger charge is 2.10. The summed E-state index contributed by atoms with van der Waals surface area (Å²) >= 11 is 5.62. The van der Waals surface area contributed by atoms with Crippen molar-refractivity contribution in [2.24, 2.45) is 0 Å². The summed E-state index contributed by atoms with van der Waals surface area (Å²) in [4.78, 5) is 27.2. The molecule has 0 fully saturated rings. The number of hydrogen-bond acceptors (Lipinski definition) is 5. The molecule has 1 aromatic carbocycles. The lowest BCUT2D eigenvalue weighted by molar-refractivity contribution is -0.119. The van der Waals surface area contributed by atoms with E-state index in [9.17, 15) is 9.59 Å². The van der Waals surface area contributed by atoms with Gasteiger partial charge in [0.25, 0.3) is 5.91 Å². The number of halogens is 1. The van der Waals surface area contributed by atoms with E-state index in [1.807, 2.05) is 0 Å². The van der Waals surface area contributed by atoms with Gasteiger partial charge in [0.15, 0.2) is 6.61 Å². The molecule has 2 aromatic rings. The van der Waals surface area contributed by atoms with Crippen LogP contribution in [0.4, 0.5) is 5.69 Å². The van der Waals surface area contributed by atoms with Crippen LogP contribution >= 0.6 is 11.6 Å². The van der Waals surface area contributed by atoms with E-state index in [2.05, 4.69) is 10.3 Å². The number of benzene rings is 1. The number of ether oxygens (including phenoxy) is 2. The summed E-state index contributed by atoms with van der Waals surface area (Å²) in [6.07, 6.45) is 1.28. The fourth-order valence-electron chi connectivity index (χ4n) is 1.58. The molecule has 0 radical (unpaired) electrons. The second-order valence-electron chi connectivity index (χ2n) is 4.22. The largest absolute Gasteiger partial charge is 0.497 e. The predicted octanol–water partition coefficient (Wildman–Crippen LogP) is 2.54. The first-order valence-electron chi connectivity index (χ1n) is 6.31. The van der Waals surface area contributed by atoms with Crippen LogP contribution in [0, 0.1) is 0 Å². The molecule has 0 spiro atoms. The zero-order valence-corrected chi connectivity index (χ0v) is 12.5. The first kappa shape index (κ1) is 15.8. The molecule has 1 N–H and O–H groups in total. The average molecular weight is 321 g/mol. The number of nitrogens with zero attached hydrogens (tertiary/aromatic N) is 1. The topological polar surface area (TPSA) is 77.5 Å². The van der Waals surface area contributed by atoms with Crippen molar-refractivity contribution < 1.29 is 19.1 Å². The van der Waals surface area contributed by atoms with Gasteiger partial charge in [0, 0.05) is 11.9 Å². The van der Waals surface area contributed by atoms with Gasteiger partial charge in [-0.05, 0) is 36.4 Å². The van der Waals surface area contributed by atoms with Crippen molar-refractivity contribution in [3.63, 3.8) is 0 Å². The van der Waals surface area contributed by atoms with E-state index >= 15 is 0 Å². The van der Waals surface area contributed by atoms with Crippen LogP contribution in [0.2, 0.25) is 5.15 Å². The molecule has 114 valence electrons. The van der Waals surface area contributed by atoms with Gasteiger partial charge in [0.1, 0.15) is 10.9 Å². The Morgan fingerprint density at radius 1 is 1.18 bits per heavy atom. The van der Waals surface area contributed by atoms with Gasteiger partial charge in [-0.15, -0.1) is 0 Å². The molecule has 0 aliphatic rings. The Balaban J connectivity index is 1.84. The fraction of sp³-hybridized carbons (Fsp3) is 0.133. The van der Waals surface area contributed by atoms with E-state index < -0.39 is 18.5 Å². The van der Waals surface area contributed by atoms with Crippen molar-refractivity contribution in [2.75, 3.05) is 19.0 Å².